The molecule has 1 aromatic carbocycles. The molecule has 0 bridgehead atoms. The van der Waals surface area contributed by atoms with E-state index in [9.17, 15) is 35.9 Å². The van der Waals surface area contributed by atoms with Crippen LogP contribution in [-0.4, -0.2) is 16.9 Å². The number of anilines is 1. The van der Waals surface area contributed by atoms with E-state index in [1.807, 2.05) is 5.32 Å². The van der Waals surface area contributed by atoms with E-state index in [0.717, 1.165) is 6.20 Å². The summed E-state index contributed by atoms with van der Waals surface area (Å²) in [6.45, 7) is 0. The van der Waals surface area contributed by atoms with Crippen LogP contribution < -0.4 is 5.32 Å². The first-order valence-corrected chi connectivity index (χ1v) is 6.82. The summed E-state index contributed by atoms with van der Waals surface area (Å²) in [6, 6.07) is 0.583. The minimum atomic E-state index is -5.06. The van der Waals surface area contributed by atoms with Crippen LogP contribution in [0.5, 0.6) is 0 Å². The number of benzene rings is 1. The second-order valence-electron chi connectivity index (χ2n) is 4.90. The molecular weight excluding hydrogens is 378 g/mol. The number of nitrogens with zero attached hydrogens (tertiary/aromatic N) is 1. The van der Waals surface area contributed by atoms with E-state index in [1.54, 1.807) is 0 Å². The van der Waals surface area contributed by atoms with Crippen molar-refractivity contribution in [2.75, 3.05) is 5.32 Å². The van der Waals surface area contributed by atoms with E-state index in [2.05, 4.69) is 4.99 Å². The molecule has 2 rings (SSSR count). The van der Waals surface area contributed by atoms with Crippen LogP contribution in [0.4, 0.5) is 32.0 Å². The average molecular weight is 385 g/mol. The second-order valence-corrected chi connectivity index (χ2v) is 5.33. The van der Waals surface area contributed by atoms with Crippen molar-refractivity contribution >= 4 is 34.1 Å². The van der Waals surface area contributed by atoms with Crippen molar-refractivity contribution in [3.8, 4) is 0 Å². The second kappa shape index (κ2) is 6.51. The molecule has 0 spiro atoms. The molecule has 0 aromatic heterocycles. The van der Waals surface area contributed by atoms with Crippen LogP contribution in [0.25, 0.3) is 0 Å². The Morgan fingerprint density at radius 1 is 1.04 bits per heavy atom. The number of hydrogen-bond donors (Lipinski definition) is 1. The van der Waals surface area contributed by atoms with Gasteiger partial charge in [-0.3, -0.25) is 9.59 Å². The van der Waals surface area contributed by atoms with Gasteiger partial charge in [-0.1, -0.05) is 11.6 Å². The highest BCUT2D eigenvalue weighted by Gasteiger charge is 2.37. The maximum Gasteiger partial charge on any atom is 0.416 e. The van der Waals surface area contributed by atoms with Crippen molar-refractivity contribution in [2.24, 2.45) is 4.99 Å². The van der Waals surface area contributed by atoms with Crippen molar-refractivity contribution in [1.82, 2.24) is 0 Å². The molecule has 0 unspecified atom stereocenters. The zero-order valence-corrected chi connectivity index (χ0v) is 12.7. The minimum Gasteiger partial charge on any atom is -0.322 e. The fourth-order valence-corrected chi connectivity index (χ4v) is 2.06. The number of carbonyl (C=O) groups is 2. The number of carbonyl (C=O) groups excluding carboxylic acids is 2. The summed E-state index contributed by atoms with van der Waals surface area (Å²) in [4.78, 5) is 27.1. The van der Waals surface area contributed by atoms with Gasteiger partial charge in [0.25, 0.3) is 5.91 Å². The van der Waals surface area contributed by atoms with Gasteiger partial charge >= 0.3 is 12.4 Å². The van der Waals surface area contributed by atoms with E-state index in [-0.39, 0.29) is 11.2 Å². The molecule has 1 amide bonds. The molecule has 1 aliphatic rings. The maximum atomic E-state index is 12.8. The summed E-state index contributed by atoms with van der Waals surface area (Å²) >= 11 is 5.49. The highest BCUT2D eigenvalue weighted by atomic mass is 35.5. The van der Waals surface area contributed by atoms with Gasteiger partial charge in [0.15, 0.2) is 5.78 Å². The number of aliphatic imine (C=N–C) groups is 1. The fourth-order valence-electron chi connectivity index (χ4n) is 1.89. The van der Waals surface area contributed by atoms with Crippen LogP contribution in [0.1, 0.15) is 17.5 Å². The lowest BCUT2D eigenvalue weighted by molar-refractivity contribution is -0.143. The zero-order chi connectivity index (χ0) is 19.0. The third-order valence-electron chi connectivity index (χ3n) is 3.03. The molecule has 1 aromatic rings. The summed E-state index contributed by atoms with van der Waals surface area (Å²) in [5, 5.41) is 1.74. The monoisotopic (exact) mass is 384 g/mol. The molecule has 25 heavy (non-hydrogen) atoms. The van der Waals surface area contributed by atoms with Crippen LogP contribution in [0, 0.1) is 0 Å². The Labute approximate surface area is 141 Å². The van der Waals surface area contributed by atoms with Crippen LogP contribution in [-0.2, 0) is 21.9 Å². The van der Waals surface area contributed by atoms with E-state index in [0.29, 0.717) is 12.1 Å². The quantitative estimate of drug-likeness (QED) is 0.615. The van der Waals surface area contributed by atoms with E-state index in [1.165, 1.54) is 0 Å². The van der Waals surface area contributed by atoms with E-state index in [4.69, 9.17) is 11.6 Å². The van der Waals surface area contributed by atoms with Gasteiger partial charge in [-0.15, -0.1) is 0 Å². The molecule has 0 saturated heterocycles. The number of ketones is 1. The molecular formula is C14H7ClF6N2O2. The summed E-state index contributed by atoms with van der Waals surface area (Å²) < 4.78 is 76.5. The fraction of sp³-hybridized carbons (Fsp3) is 0.214. The van der Waals surface area contributed by atoms with Crippen molar-refractivity contribution in [2.45, 2.75) is 18.8 Å². The average Bonchev–Trinajstić information content (AvgIpc) is 2.44. The first kappa shape index (κ1) is 19.0. The summed E-state index contributed by atoms with van der Waals surface area (Å²) in [5.41, 5.74) is -4.48. The highest BCUT2D eigenvalue weighted by Crippen LogP contribution is 2.37. The van der Waals surface area contributed by atoms with Crippen molar-refractivity contribution in [1.29, 1.82) is 0 Å². The largest absolute Gasteiger partial charge is 0.416 e. The van der Waals surface area contributed by atoms with Gasteiger partial charge in [0.05, 0.1) is 17.5 Å². The Morgan fingerprint density at radius 3 is 2.00 bits per heavy atom. The Morgan fingerprint density at radius 2 is 1.56 bits per heavy atom. The van der Waals surface area contributed by atoms with Gasteiger partial charge in [-0.05, 0) is 18.2 Å². The Kier molecular flexibility index (Phi) is 4.94. The van der Waals surface area contributed by atoms with Crippen molar-refractivity contribution < 1.29 is 35.9 Å². The molecule has 0 saturated carbocycles. The van der Waals surface area contributed by atoms with Gasteiger partial charge in [-0.2, -0.15) is 26.3 Å². The molecule has 1 aliphatic heterocycles. The lowest BCUT2D eigenvalue weighted by Gasteiger charge is -2.15. The number of rotatable bonds is 2. The topological polar surface area (TPSA) is 58.5 Å². The third-order valence-corrected chi connectivity index (χ3v) is 3.26. The standard InChI is InChI=1S/C14H7ClF6N2O2/c15-11-4-10(24)9(5-22-11)12(25)23-8-2-6(13(16,17)18)1-7(3-8)14(19,20)21/h1-3,5H,4H2,(H,23,25). The van der Waals surface area contributed by atoms with Crippen LogP contribution >= 0.6 is 11.6 Å². The van der Waals surface area contributed by atoms with E-state index < -0.39 is 52.9 Å². The molecule has 11 heteroatoms. The first-order valence-electron chi connectivity index (χ1n) is 6.44. The predicted octanol–water partition coefficient (Wildman–Crippen LogP) is 4.16. The van der Waals surface area contributed by atoms with Crippen LogP contribution in [0.2, 0.25) is 0 Å². The molecule has 1 heterocycles. The number of amides is 1. The zero-order valence-electron chi connectivity index (χ0n) is 11.9. The molecule has 1 N–H and O–H groups in total. The number of Topliss-reactive ketones (excluding diaryl/α,β-unsaturated/α-hetero) is 1. The molecule has 0 fully saturated rings. The van der Waals surface area contributed by atoms with Crippen molar-refractivity contribution in [3.63, 3.8) is 0 Å². The van der Waals surface area contributed by atoms with Gasteiger partial charge in [0.2, 0.25) is 0 Å². The Hall–Kier alpha value is -2.36. The summed E-state index contributed by atoms with van der Waals surface area (Å²) in [5.74, 6) is -1.95. The number of alkyl halides is 6. The molecule has 134 valence electrons. The molecule has 4 nitrogen and oxygen atoms in total. The lowest BCUT2D eigenvalue weighted by atomic mass is 10.1. The number of halogens is 7. The third kappa shape index (κ3) is 4.59. The first-order chi connectivity index (χ1) is 11.4. The highest BCUT2D eigenvalue weighted by molar-refractivity contribution is 6.67. The maximum absolute atomic E-state index is 12.8. The SMILES string of the molecule is O=C1CC(Cl)=NC=C1C(=O)Nc1cc(C(F)(F)F)cc(C(F)(F)F)c1. The van der Waals surface area contributed by atoms with Gasteiger partial charge < -0.3 is 5.32 Å². The van der Waals surface area contributed by atoms with Gasteiger partial charge in [-0.25, -0.2) is 4.99 Å². The van der Waals surface area contributed by atoms with Gasteiger partial charge in [0, 0.05) is 11.9 Å². The van der Waals surface area contributed by atoms with Crippen LogP contribution in [0.15, 0.2) is 35.0 Å². The number of hydrogen-bond acceptors (Lipinski definition) is 3. The van der Waals surface area contributed by atoms with Crippen molar-refractivity contribution in [3.05, 3.63) is 41.1 Å². The minimum absolute atomic E-state index is 0.0786. The smallest absolute Gasteiger partial charge is 0.322 e. The normalized spacial score (nSPS) is 15.6. The van der Waals surface area contributed by atoms with E-state index >= 15 is 0 Å². The summed E-state index contributed by atoms with van der Waals surface area (Å²) in [7, 11) is 0. The van der Waals surface area contributed by atoms with Gasteiger partial charge in [0.1, 0.15) is 10.7 Å². The molecule has 0 aliphatic carbocycles. The predicted molar refractivity (Wildman–Crippen MR) is 76.1 cm³/mol. The lowest BCUT2D eigenvalue weighted by Crippen LogP contribution is -2.24. The molecule has 0 atom stereocenters. The molecule has 0 radical (unpaired) electrons. The van der Waals surface area contributed by atoms with Crippen LogP contribution in [0.3, 0.4) is 0 Å². The number of nitrogens with one attached hydrogen (secondary N) is 1. The Balaban J connectivity index is 2.39. The summed E-state index contributed by atoms with van der Waals surface area (Å²) in [6.07, 6.45) is -9.71. The Bertz CT molecular complexity index is 763.